The van der Waals surface area contributed by atoms with E-state index in [1.165, 1.54) is 29.4 Å². The minimum Gasteiger partial charge on any atom is -0.376 e. The van der Waals surface area contributed by atoms with Gasteiger partial charge in [-0.2, -0.15) is 5.10 Å². The third-order valence-electron chi connectivity index (χ3n) is 3.92. The van der Waals surface area contributed by atoms with Crippen LogP contribution in [0.5, 0.6) is 0 Å². The van der Waals surface area contributed by atoms with Crippen molar-refractivity contribution < 1.29 is 9.59 Å². The van der Waals surface area contributed by atoms with Crippen LogP contribution in [0.3, 0.4) is 0 Å². The van der Waals surface area contributed by atoms with E-state index in [0.29, 0.717) is 10.8 Å². The SMILES string of the molecule is CC(=O)N(c1ccccc1)c1nc(/C=N\NC(=O)CNc2ccc(C)cc2)cs1. The lowest BCUT2D eigenvalue weighted by Gasteiger charge is -2.17. The summed E-state index contributed by atoms with van der Waals surface area (Å²) < 4.78 is 0. The predicted molar refractivity (Wildman–Crippen MR) is 117 cm³/mol. The molecule has 1 heterocycles. The largest absolute Gasteiger partial charge is 0.376 e. The molecule has 0 unspecified atom stereocenters. The highest BCUT2D eigenvalue weighted by molar-refractivity contribution is 7.14. The number of hydrogen-bond donors (Lipinski definition) is 2. The number of aryl methyl sites for hydroxylation is 1. The van der Waals surface area contributed by atoms with Gasteiger partial charge in [-0.05, 0) is 31.2 Å². The second-order valence-corrected chi connectivity index (χ2v) is 7.09. The first-order valence-corrected chi connectivity index (χ1v) is 9.84. The van der Waals surface area contributed by atoms with Crippen molar-refractivity contribution in [2.24, 2.45) is 5.10 Å². The lowest BCUT2D eigenvalue weighted by atomic mass is 10.2. The van der Waals surface area contributed by atoms with E-state index in [4.69, 9.17) is 0 Å². The highest BCUT2D eigenvalue weighted by Gasteiger charge is 2.17. The van der Waals surface area contributed by atoms with Crippen LogP contribution in [0.4, 0.5) is 16.5 Å². The molecule has 1 aromatic heterocycles. The molecule has 0 fully saturated rings. The molecule has 0 saturated heterocycles. The topological polar surface area (TPSA) is 86.7 Å². The van der Waals surface area contributed by atoms with Gasteiger partial charge in [0.05, 0.1) is 24.1 Å². The van der Waals surface area contributed by atoms with Crippen molar-refractivity contribution in [1.29, 1.82) is 0 Å². The monoisotopic (exact) mass is 407 g/mol. The van der Waals surface area contributed by atoms with E-state index < -0.39 is 0 Å². The summed E-state index contributed by atoms with van der Waals surface area (Å²) >= 11 is 1.33. The zero-order valence-electron chi connectivity index (χ0n) is 16.1. The van der Waals surface area contributed by atoms with Crippen molar-refractivity contribution in [3.8, 4) is 0 Å². The minimum atomic E-state index is -0.271. The summed E-state index contributed by atoms with van der Waals surface area (Å²) in [6.45, 7) is 3.60. The van der Waals surface area contributed by atoms with E-state index in [-0.39, 0.29) is 18.4 Å². The smallest absolute Gasteiger partial charge is 0.259 e. The van der Waals surface area contributed by atoms with Gasteiger partial charge in [-0.1, -0.05) is 35.9 Å². The predicted octanol–water partition coefficient (Wildman–Crippen LogP) is 3.70. The molecule has 0 atom stereocenters. The van der Waals surface area contributed by atoms with Crippen LogP contribution in [0.1, 0.15) is 18.2 Å². The maximum absolute atomic E-state index is 12.1. The number of nitrogens with zero attached hydrogens (tertiary/aromatic N) is 3. The van der Waals surface area contributed by atoms with Crippen molar-refractivity contribution in [2.45, 2.75) is 13.8 Å². The molecule has 0 bridgehead atoms. The fourth-order valence-corrected chi connectivity index (χ4v) is 3.34. The molecule has 2 N–H and O–H groups in total. The number of carbonyl (C=O) groups is 2. The molecule has 148 valence electrons. The van der Waals surface area contributed by atoms with Gasteiger partial charge in [-0.3, -0.25) is 14.5 Å². The normalized spacial score (nSPS) is 10.7. The van der Waals surface area contributed by atoms with Crippen LogP contribution in [0.2, 0.25) is 0 Å². The molecule has 0 saturated carbocycles. The molecule has 0 aliphatic carbocycles. The lowest BCUT2D eigenvalue weighted by molar-refractivity contribution is -0.119. The summed E-state index contributed by atoms with van der Waals surface area (Å²) in [6, 6.07) is 17.1. The van der Waals surface area contributed by atoms with Gasteiger partial charge in [0.15, 0.2) is 5.13 Å². The Labute approximate surface area is 173 Å². The van der Waals surface area contributed by atoms with E-state index >= 15 is 0 Å². The molecule has 3 aromatic rings. The third-order valence-corrected chi connectivity index (χ3v) is 4.77. The van der Waals surface area contributed by atoms with Crippen molar-refractivity contribution in [1.82, 2.24) is 10.4 Å². The van der Waals surface area contributed by atoms with Crippen molar-refractivity contribution in [3.63, 3.8) is 0 Å². The number of hydrogen-bond acceptors (Lipinski definition) is 6. The summed E-state index contributed by atoms with van der Waals surface area (Å²) in [4.78, 5) is 29.9. The number of para-hydroxylation sites is 1. The van der Waals surface area contributed by atoms with Gasteiger partial charge in [0.25, 0.3) is 5.91 Å². The molecule has 0 aliphatic rings. The molecular weight excluding hydrogens is 386 g/mol. The molecule has 2 amide bonds. The lowest BCUT2D eigenvalue weighted by Crippen LogP contribution is -2.25. The number of hydrazone groups is 1. The Morgan fingerprint density at radius 2 is 1.86 bits per heavy atom. The number of anilines is 3. The Hall–Kier alpha value is -3.52. The number of nitrogens with one attached hydrogen (secondary N) is 2. The number of rotatable bonds is 7. The highest BCUT2D eigenvalue weighted by atomic mass is 32.1. The molecule has 0 aliphatic heterocycles. The molecular formula is C21H21N5O2S. The molecule has 3 rings (SSSR count). The van der Waals surface area contributed by atoms with Gasteiger partial charge in [0.2, 0.25) is 5.91 Å². The van der Waals surface area contributed by atoms with Crippen molar-refractivity contribution >= 4 is 45.9 Å². The summed E-state index contributed by atoms with van der Waals surface area (Å²) in [5.41, 5.74) is 5.78. The maximum Gasteiger partial charge on any atom is 0.259 e. The van der Waals surface area contributed by atoms with Gasteiger partial charge in [-0.25, -0.2) is 10.4 Å². The zero-order chi connectivity index (χ0) is 20.6. The zero-order valence-corrected chi connectivity index (χ0v) is 16.9. The average molecular weight is 407 g/mol. The summed E-state index contributed by atoms with van der Waals surface area (Å²) in [5.74, 6) is -0.406. The summed E-state index contributed by atoms with van der Waals surface area (Å²) in [6.07, 6.45) is 1.45. The van der Waals surface area contributed by atoms with E-state index in [1.807, 2.05) is 61.5 Å². The van der Waals surface area contributed by atoms with Gasteiger partial charge in [0.1, 0.15) is 0 Å². The second-order valence-electron chi connectivity index (χ2n) is 6.26. The Morgan fingerprint density at radius 3 is 2.55 bits per heavy atom. The molecule has 29 heavy (non-hydrogen) atoms. The van der Waals surface area contributed by atoms with E-state index in [9.17, 15) is 9.59 Å². The Balaban J connectivity index is 1.56. The van der Waals surface area contributed by atoms with Crippen LogP contribution in [0.15, 0.2) is 65.1 Å². The number of amides is 2. The molecule has 0 spiro atoms. The van der Waals surface area contributed by atoms with E-state index in [0.717, 1.165) is 16.9 Å². The third kappa shape index (κ3) is 5.73. The van der Waals surface area contributed by atoms with Crippen LogP contribution in [0.25, 0.3) is 0 Å². The van der Waals surface area contributed by atoms with Crippen LogP contribution in [-0.2, 0) is 9.59 Å². The van der Waals surface area contributed by atoms with Gasteiger partial charge >= 0.3 is 0 Å². The molecule has 0 radical (unpaired) electrons. The standard InChI is InChI=1S/C21H21N5O2S/c1-15-8-10-17(11-9-15)22-13-20(28)25-23-12-18-14-29-21(24-18)26(16(2)27)19-6-4-3-5-7-19/h3-12,14,22H,13H2,1-2H3,(H,25,28)/b23-12-. The molecule has 8 heteroatoms. The van der Waals surface area contributed by atoms with Gasteiger partial charge in [0, 0.05) is 18.0 Å². The van der Waals surface area contributed by atoms with Crippen LogP contribution in [-0.4, -0.2) is 29.6 Å². The fourth-order valence-electron chi connectivity index (χ4n) is 2.51. The van der Waals surface area contributed by atoms with E-state index in [1.54, 1.807) is 5.38 Å². The average Bonchev–Trinajstić information content (AvgIpc) is 3.16. The summed E-state index contributed by atoms with van der Waals surface area (Å²) in [7, 11) is 0. The Morgan fingerprint density at radius 1 is 1.14 bits per heavy atom. The van der Waals surface area contributed by atoms with Gasteiger partial charge in [-0.15, -0.1) is 11.3 Å². The molecule has 2 aromatic carbocycles. The number of thiazole rings is 1. The first kappa shape index (κ1) is 20.2. The number of benzene rings is 2. The first-order chi connectivity index (χ1) is 14.0. The quantitative estimate of drug-likeness (QED) is 0.462. The van der Waals surface area contributed by atoms with Crippen LogP contribution < -0.4 is 15.6 Å². The Kier molecular flexibility index (Phi) is 6.70. The minimum absolute atomic E-state index is 0.106. The Bertz CT molecular complexity index is 999. The van der Waals surface area contributed by atoms with E-state index in [2.05, 4.69) is 20.8 Å². The van der Waals surface area contributed by atoms with Crippen molar-refractivity contribution in [3.05, 3.63) is 71.2 Å². The highest BCUT2D eigenvalue weighted by Crippen LogP contribution is 2.28. The van der Waals surface area contributed by atoms with Crippen LogP contribution >= 0.6 is 11.3 Å². The summed E-state index contributed by atoms with van der Waals surface area (Å²) in [5, 5.41) is 9.27. The second kappa shape index (κ2) is 9.61. The fraction of sp³-hybridized carbons (Fsp3) is 0.143. The van der Waals surface area contributed by atoms with Crippen LogP contribution in [0, 0.1) is 6.92 Å². The molecule has 7 nitrogen and oxygen atoms in total. The first-order valence-electron chi connectivity index (χ1n) is 8.96. The maximum atomic E-state index is 12.1. The number of carbonyl (C=O) groups excluding carboxylic acids is 2. The van der Waals surface area contributed by atoms with Crippen molar-refractivity contribution in [2.75, 3.05) is 16.8 Å². The number of aromatic nitrogens is 1. The van der Waals surface area contributed by atoms with Gasteiger partial charge < -0.3 is 5.32 Å².